The molecule has 154 valence electrons. The first kappa shape index (κ1) is 19.2. The number of aromatic nitrogens is 3. The van der Waals surface area contributed by atoms with Gasteiger partial charge in [-0.1, -0.05) is 36.4 Å². The molecule has 1 aliphatic heterocycles. The number of pyridine rings is 1. The van der Waals surface area contributed by atoms with Crippen LogP contribution in [0.1, 0.15) is 35.1 Å². The van der Waals surface area contributed by atoms with Crippen LogP contribution in [-0.2, 0) is 0 Å². The molecule has 0 aliphatic carbocycles. The molecule has 31 heavy (non-hydrogen) atoms. The lowest BCUT2D eigenvalue weighted by molar-refractivity contribution is 0.0727. The molecule has 6 nitrogen and oxygen atoms in total. The van der Waals surface area contributed by atoms with Crippen molar-refractivity contribution in [1.82, 2.24) is 19.9 Å². The second kappa shape index (κ2) is 8.14. The molecule has 2 aromatic heterocycles. The van der Waals surface area contributed by atoms with Crippen molar-refractivity contribution in [3.05, 3.63) is 84.3 Å². The predicted octanol–water partition coefficient (Wildman–Crippen LogP) is 4.68. The number of benzene rings is 2. The lowest BCUT2D eigenvalue weighted by Gasteiger charge is -2.24. The molecule has 1 atom stereocenters. The Kier molecular flexibility index (Phi) is 5.04. The zero-order valence-corrected chi connectivity index (χ0v) is 17.2. The molecule has 4 aromatic rings. The Morgan fingerprint density at radius 3 is 2.84 bits per heavy atom. The number of nitrogens with zero attached hydrogens (tertiary/aromatic N) is 4. The van der Waals surface area contributed by atoms with E-state index in [2.05, 4.69) is 9.97 Å². The van der Waals surface area contributed by atoms with Crippen molar-refractivity contribution >= 4 is 16.8 Å². The van der Waals surface area contributed by atoms with E-state index in [1.165, 1.54) is 0 Å². The van der Waals surface area contributed by atoms with Gasteiger partial charge in [-0.15, -0.1) is 0 Å². The minimum Gasteiger partial charge on any atom is -0.497 e. The van der Waals surface area contributed by atoms with Crippen LogP contribution in [0.2, 0.25) is 0 Å². The van der Waals surface area contributed by atoms with Crippen LogP contribution in [0, 0.1) is 0 Å². The monoisotopic (exact) mass is 410 g/mol. The topological polar surface area (TPSA) is 68.2 Å². The summed E-state index contributed by atoms with van der Waals surface area (Å²) in [6, 6.07) is 21.1. The third-order valence-corrected chi connectivity index (χ3v) is 5.68. The minimum atomic E-state index is -0.0897. The van der Waals surface area contributed by atoms with E-state index in [4.69, 9.17) is 9.72 Å². The zero-order chi connectivity index (χ0) is 21.2. The van der Waals surface area contributed by atoms with Crippen LogP contribution in [0.5, 0.6) is 5.75 Å². The highest BCUT2D eigenvalue weighted by Crippen LogP contribution is 2.33. The van der Waals surface area contributed by atoms with E-state index in [-0.39, 0.29) is 11.9 Å². The lowest BCUT2D eigenvalue weighted by atomic mass is 10.1. The Labute approximate surface area is 180 Å². The van der Waals surface area contributed by atoms with Gasteiger partial charge < -0.3 is 9.64 Å². The molecule has 1 saturated heterocycles. The second-order valence-electron chi connectivity index (χ2n) is 7.58. The van der Waals surface area contributed by atoms with Gasteiger partial charge in [-0.05, 0) is 43.2 Å². The van der Waals surface area contributed by atoms with E-state index in [0.29, 0.717) is 18.1 Å². The molecule has 5 rings (SSSR count). The maximum absolute atomic E-state index is 13.3. The van der Waals surface area contributed by atoms with Crippen molar-refractivity contribution in [3.8, 4) is 17.1 Å². The van der Waals surface area contributed by atoms with E-state index in [0.717, 1.165) is 40.8 Å². The van der Waals surface area contributed by atoms with Crippen molar-refractivity contribution in [2.24, 2.45) is 0 Å². The van der Waals surface area contributed by atoms with Gasteiger partial charge in [0.1, 0.15) is 11.4 Å². The average Bonchev–Trinajstić information content (AvgIpc) is 3.33. The van der Waals surface area contributed by atoms with Crippen LogP contribution in [0.4, 0.5) is 0 Å². The van der Waals surface area contributed by atoms with Gasteiger partial charge in [0.2, 0.25) is 0 Å². The van der Waals surface area contributed by atoms with Gasteiger partial charge in [-0.2, -0.15) is 0 Å². The molecule has 1 amide bonds. The summed E-state index contributed by atoms with van der Waals surface area (Å²) < 4.78 is 5.32. The van der Waals surface area contributed by atoms with Crippen molar-refractivity contribution in [1.29, 1.82) is 0 Å². The summed E-state index contributed by atoms with van der Waals surface area (Å²) in [7, 11) is 1.64. The first-order valence-electron chi connectivity index (χ1n) is 10.4. The summed E-state index contributed by atoms with van der Waals surface area (Å²) in [6.07, 6.45) is 3.56. The van der Waals surface area contributed by atoms with Crippen LogP contribution in [0.15, 0.2) is 72.9 Å². The number of hydrogen-bond acceptors (Lipinski definition) is 5. The molecular weight excluding hydrogens is 388 g/mol. The van der Waals surface area contributed by atoms with E-state index in [9.17, 15) is 4.79 Å². The summed E-state index contributed by atoms with van der Waals surface area (Å²) in [6.45, 7) is 0.691. The number of likely N-dealkylation sites (tertiary alicyclic amines) is 1. The standard InChI is InChI=1S/C25H22N4O2/c1-31-19-8-4-7-18(16-19)24-26-14-13-21(28-24)23-10-5-15-29(23)25(30)22-12-11-17-6-2-3-9-20(17)27-22/h2-4,6-9,11-14,16,23H,5,10,15H2,1H3/t23-/m0/s1. The lowest BCUT2D eigenvalue weighted by Crippen LogP contribution is -2.31. The van der Waals surface area contributed by atoms with Crippen molar-refractivity contribution in [2.45, 2.75) is 18.9 Å². The predicted molar refractivity (Wildman–Crippen MR) is 119 cm³/mol. The third kappa shape index (κ3) is 3.72. The number of amides is 1. The number of carbonyl (C=O) groups is 1. The van der Waals surface area contributed by atoms with Crippen molar-refractivity contribution in [2.75, 3.05) is 13.7 Å². The Hall–Kier alpha value is -3.80. The highest BCUT2D eigenvalue weighted by Gasteiger charge is 2.32. The molecule has 3 heterocycles. The van der Waals surface area contributed by atoms with Crippen LogP contribution in [0.3, 0.4) is 0 Å². The fraction of sp³-hybridized carbons (Fsp3) is 0.200. The smallest absolute Gasteiger partial charge is 0.273 e. The molecule has 0 saturated carbocycles. The molecule has 0 spiro atoms. The fourth-order valence-corrected chi connectivity index (χ4v) is 4.11. The molecule has 0 bridgehead atoms. The number of para-hydroxylation sites is 1. The Morgan fingerprint density at radius 2 is 1.94 bits per heavy atom. The highest BCUT2D eigenvalue weighted by molar-refractivity contribution is 5.95. The molecule has 6 heteroatoms. The van der Waals surface area contributed by atoms with Gasteiger partial charge in [0.05, 0.1) is 24.4 Å². The number of methoxy groups -OCH3 is 1. The van der Waals surface area contributed by atoms with Crippen LogP contribution >= 0.6 is 0 Å². The molecule has 2 aromatic carbocycles. The quantitative estimate of drug-likeness (QED) is 0.489. The second-order valence-corrected chi connectivity index (χ2v) is 7.58. The van der Waals surface area contributed by atoms with Crippen molar-refractivity contribution < 1.29 is 9.53 Å². The highest BCUT2D eigenvalue weighted by atomic mass is 16.5. The molecule has 1 fully saturated rings. The van der Waals surface area contributed by atoms with Crippen LogP contribution in [0.25, 0.3) is 22.3 Å². The molecule has 0 unspecified atom stereocenters. The Bertz CT molecular complexity index is 1260. The zero-order valence-electron chi connectivity index (χ0n) is 17.2. The van der Waals surface area contributed by atoms with Gasteiger partial charge in [0, 0.05) is 23.7 Å². The number of fused-ring (bicyclic) bond motifs is 1. The minimum absolute atomic E-state index is 0.0604. The van der Waals surface area contributed by atoms with E-state index in [1.807, 2.05) is 71.6 Å². The van der Waals surface area contributed by atoms with Gasteiger partial charge >= 0.3 is 0 Å². The summed E-state index contributed by atoms with van der Waals surface area (Å²) in [5.41, 5.74) is 3.02. The Balaban J connectivity index is 1.45. The van der Waals surface area contributed by atoms with Crippen LogP contribution < -0.4 is 4.74 Å². The number of ether oxygens (including phenoxy) is 1. The van der Waals surface area contributed by atoms with Crippen LogP contribution in [-0.4, -0.2) is 39.4 Å². The largest absolute Gasteiger partial charge is 0.497 e. The van der Waals surface area contributed by atoms with Gasteiger partial charge in [-0.3, -0.25) is 4.79 Å². The summed E-state index contributed by atoms with van der Waals surface area (Å²) in [4.78, 5) is 29.0. The van der Waals surface area contributed by atoms with Gasteiger partial charge in [0.25, 0.3) is 5.91 Å². The summed E-state index contributed by atoms with van der Waals surface area (Å²) in [5, 5.41) is 1.02. The number of carbonyl (C=O) groups excluding carboxylic acids is 1. The maximum Gasteiger partial charge on any atom is 0.273 e. The number of rotatable bonds is 4. The first-order valence-corrected chi connectivity index (χ1v) is 10.4. The van der Waals surface area contributed by atoms with E-state index < -0.39 is 0 Å². The normalized spacial score (nSPS) is 15.9. The van der Waals surface area contributed by atoms with E-state index in [1.54, 1.807) is 13.3 Å². The number of hydrogen-bond donors (Lipinski definition) is 0. The van der Waals surface area contributed by atoms with Gasteiger partial charge in [-0.25, -0.2) is 15.0 Å². The molecule has 0 radical (unpaired) electrons. The molecule has 1 aliphatic rings. The first-order chi connectivity index (χ1) is 15.2. The van der Waals surface area contributed by atoms with Gasteiger partial charge in [0.15, 0.2) is 5.82 Å². The van der Waals surface area contributed by atoms with Crippen molar-refractivity contribution in [3.63, 3.8) is 0 Å². The molecular formula is C25H22N4O2. The summed E-state index contributed by atoms with van der Waals surface area (Å²) >= 11 is 0. The SMILES string of the molecule is COc1cccc(-c2nccc([C@@H]3CCCN3C(=O)c3ccc4ccccc4n3)n2)c1. The fourth-order valence-electron chi connectivity index (χ4n) is 4.11. The van der Waals surface area contributed by atoms with E-state index >= 15 is 0 Å². The third-order valence-electron chi connectivity index (χ3n) is 5.68. The maximum atomic E-state index is 13.3. The Morgan fingerprint density at radius 1 is 1.03 bits per heavy atom. The molecule has 0 N–H and O–H groups in total. The average molecular weight is 410 g/mol. The summed E-state index contributed by atoms with van der Waals surface area (Å²) in [5.74, 6) is 1.32.